The summed E-state index contributed by atoms with van der Waals surface area (Å²) in [6, 6.07) is 18.3. The van der Waals surface area contributed by atoms with Crippen LogP contribution in [0.4, 0.5) is 5.69 Å². The van der Waals surface area contributed by atoms with E-state index in [-0.39, 0.29) is 11.5 Å². The van der Waals surface area contributed by atoms with Crippen LogP contribution in [0.25, 0.3) is 0 Å². The largest absolute Gasteiger partial charge is 0.354 e. The third-order valence-electron chi connectivity index (χ3n) is 4.11. The molecule has 1 saturated heterocycles. The van der Waals surface area contributed by atoms with Crippen molar-refractivity contribution in [2.24, 2.45) is 0 Å². The molecule has 3 rings (SSSR count). The number of halogens is 1. The van der Waals surface area contributed by atoms with E-state index in [1.807, 2.05) is 30.3 Å². The molecule has 2 amide bonds. The first kappa shape index (κ1) is 19.0. The standard InChI is InChI=1S/C20H16ClN3O2S/c1-23-18(25)15(12-22)20-24(14-8-3-2-4-9-14)19(26)17(27-20)11-13-7-5-6-10-16(13)21/h2-10,17H,11H2,1H3,(H,23,25). The Labute approximate surface area is 166 Å². The summed E-state index contributed by atoms with van der Waals surface area (Å²) in [6.07, 6.45) is 0.405. The molecule has 1 aliphatic rings. The molecule has 1 atom stereocenters. The quantitative estimate of drug-likeness (QED) is 0.632. The normalized spacial score (nSPS) is 18.2. The summed E-state index contributed by atoms with van der Waals surface area (Å²) in [5.41, 5.74) is 1.38. The molecule has 1 aliphatic heterocycles. The number of thioether (sulfide) groups is 1. The number of nitrogens with zero attached hydrogens (tertiary/aromatic N) is 2. The van der Waals surface area contributed by atoms with Crippen LogP contribution in [0.3, 0.4) is 0 Å². The van der Waals surface area contributed by atoms with Gasteiger partial charge in [-0.3, -0.25) is 14.5 Å². The van der Waals surface area contributed by atoms with E-state index in [1.54, 1.807) is 30.3 Å². The van der Waals surface area contributed by atoms with Gasteiger partial charge in [0.1, 0.15) is 16.7 Å². The number of anilines is 1. The minimum absolute atomic E-state index is 0.0821. The molecule has 1 N–H and O–H groups in total. The first-order chi connectivity index (χ1) is 13.1. The Morgan fingerprint density at radius 2 is 1.89 bits per heavy atom. The van der Waals surface area contributed by atoms with Crippen LogP contribution in [0.15, 0.2) is 65.2 Å². The van der Waals surface area contributed by atoms with Crippen molar-refractivity contribution >= 4 is 40.9 Å². The fraction of sp³-hybridized carbons (Fsp3) is 0.150. The number of carbonyl (C=O) groups is 2. The molecule has 5 nitrogen and oxygen atoms in total. The van der Waals surface area contributed by atoms with Crippen molar-refractivity contribution < 1.29 is 9.59 Å². The Morgan fingerprint density at radius 1 is 1.22 bits per heavy atom. The highest BCUT2D eigenvalue weighted by Crippen LogP contribution is 2.42. The zero-order chi connectivity index (χ0) is 19.4. The second kappa shape index (κ2) is 8.30. The second-order valence-corrected chi connectivity index (χ2v) is 7.38. The SMILES string of the molecule is CNC(=O)C(C#N)=C1SC(Cc2ccccc2Cl)C(=O)N1c1ccccc1. The molecule has 2 aromatic rings. The first-order valence-electron chi connectivity index (χ1n) is 8.22. The van der Waals surface area contributed by atoms with Crippen LogP contribution >= 0.6 is 23.4 Å². The lowest BCUT2D eigenvalue weighted by atomic mass is 10.1. The van der Waals surface area contributed by atoms with Gasteiger partial charge in [0.25, 0.3) is 5.91 Å². The summed E-state index contributed by atoms with van der Waals surface area (Å²) in [4.78, 5) is 26.8. The number of rotatable bonds is 4. The van der Waals surface area contributed by atoms with E-state index in [1.165, 1.54) is 23.7 Å². The molecule has 0 spiro atoms. The fourth-order valence-corrected chi connectivity index (χ4v) is 4.30. The van der Waals surface area contributed by atoms with Crippen molar-refractivity contribution in [2.45, 2.75) is 11.7 Å². The van der Waals surface area contributed by atoms with Crippen molar-refractivity contribution in [3.63, 3.8) is 0 Å². The summed E-state index contributed by atoms with van der Waals surface area (Å²) >= 11 is 7.46. The molecule has 1 heterocycles. The van der Waals surface area contributed by atoms with E-state index in [2.05, 4.69) is 5.32 Å². The Kier molecular flexibility index (Phi) is 5.84. The highest BCUT2D eigenvalue weighted by atomic mass is 35.5. The molecule has 0 aliphatic carbocycles. The molecule has 136 valence electrons. The van der Waals surface area contributed by atoms with E-state index in [0.717, 1.165) is 5.56 Å². The number of amides is 2. The Balaban J connectivity index is 2.05. The van der Waals surface area contributed by atoms with Gasteiger partial charge >= 0.3 is 0 Å². The maximum Gasteiger partial charge on any atom is 0.264 e. The van der Waals surface area contributed by atoms with Gasteiger partial charge in [0.15, 0.2) is 0 Å². The number of nitriles is 1. The second-order valence-electron chi connectivity index (χ2n) is 5.78. The van der Waals surface area contributed by atoms with Gasteiger partial charge in [-0.2, -0.15) is 5.26 Å². The molecule has 0 radical (unpaired) electrons. The lowest BCUT2D eigenvalue weighted by Crippen LogP contribution is -2.31. The van der Waals surface area contributed by atoms with Crippen LogP contribution in [0.2, 0.25) is 5.02 Å². The average molecular weight is 398 g/mol. The van der Waals surface area contributed by atoms with Crippen molar-refractivity contribution in [2.75, 3.05) is 11.9 Å². The number of nitrogens with one attached hydrogen (secondary N) is 1. The Hall–Kier alpha value is -2.75. The molecule has 1 unspecified atom stereocenters. The number of likely N-dealkylation sites (N-methyl/N-ethyl adjacent to an activating group) is 1. The summed E-state index contributed by atoms with van der Waals surface area (Å²) in [5.74, 6) is -0.704. The zero-order valence-corrected chi connectivity index (χ0v) is 16.1. The maximum absolute atomic E-state index is 13.2. The molecule has 0 aromatic heterocycles. The lowest BCUT2D eigenvalue weighted by molar-refractivity contribution is -0.117. The van der Waals surface area contributed by atoms with Gasteiger partial charge < -0.3 is 5.32 Å². The van der Waals surface area contributed by atoms with E-state index < -0.39 is 11.2 Å². The topological polar surface area (TPSA) is 73.2 Å². The fourth-order valence-electron chi connectivity index (χ4n) is 2.79. The summed E-state index contributed by atoms with van der Waals surface area (Å²) in [6.45, 7) is 0. The van der Waals surface area contributed by atoms with E-state index in [4.69, 9.17) is 11.6 Å². The predicted molar refractivity (Wildman–Crippen MR) is 107 cm³/mol. The van der Waals surface area contributed by atoms with Gasteiger partial charge in [-0.05, 0) is 30.2 Å². The summed E-state index contributed by atoms with van der Waals surface area (Å²) < 4.78 is 0. The molecule has 0 bridgehead atoms. The molecule has 7 heteroatoms. The van der Waals surface area contributed by atoms with Gasteiger partial charge in [-0.25, -0.2) is 0 Å². The van der Waals surface area contributed by atoms with Gasteiger partial charge in [-0.15, -0.1) is 0 Å². The number of hydrogen-bond donors (Lipinski definition) is 1. The first-order valence-corrected chi connectivity index (χ1v) is 9.48. The van der Waals surface area contributed by atoms with Gasteiger partial charge in [0.05, 0.1) is 5.25 Å². The van der Waals surface area contributed by atoms with Crippen LogP contribution in [0, 0.1) is 11.3 Å². The predicted octanol–water partition coefficient (Wildman–Crippen LogP) is 3.51. The third kappa shape index (κ3) is 3.85. The summed E-state index contributed by atoms with van der Waals surface area (Å²) in [7, 11) is 1.45. The molecule has 1 fully saturated rings. The highest BCUT2D eigenvalue weighted by molar-refractivity contribution is 8.05. The Bertz CT molecular complexity index is 953. The number of carbonyl (C=O) groups excluding carboxylic acids is 2. The van der Waals surface area contributed by atoms with Crippen molar-refractivity contribution in [1.82, 2.24) is 5.32 Å². The number of benzene rings is 2. The highest BCUT2D eigenvalue weighted by Gasteiger charge is 2.40. The molecular weight excluding hydrogens is 382 g/mol. The van der Waals surface area contributed by atoms with Crippen molar-refractivity contribution in [3.05, 3.63) is 75.8 Å². The molecular formula is C20H16ClN3O2S. The van der Waals surface area contributed by atoms with Crippen LogP contribution in [0.1, 0.15) is 5.56 Å². The Morgan fingerprint density at radius 3 is 2.52 bits per heavy atom. The monoisotopic (exact) mass is 397 g/mol. The van der Waals surface area contributed by atoms with Crippen molar-refractivity contribution in [1.29, 1.82) is 5.26 Å². The smallest absolute Gasteiger partial charge is 0.264 e. The zero-order valence-electron chi connectivity index (χ0n) is 14.5. The average Bonchev–Trinajstić information content (AvgIpc) is 3.00. The van der Waals surface area contributed by atoms with Gasteiger partial charge in [0.2, 0.25) is 5.91 Å². The minimum Gasteiger partial charge on any atom is -0.354 e. The summed E-state index contributed by atoms with van der Waals surface area (Å²) in [5, 5.41) is 12.4. The van der Waals surface area contributed by atoms with Crippen LogP contribution in [-0.2, 0) is 16.0 Å². The molecule has 0 saturated carbocycles. The molecule has 27 heavy (non-hydrogen) atoms. The maximum atomic E-state index is 13.2. The van der Waals surface area contributed by atoms with Crippen LogP contribution in [0.5, 0.6) is 0 Å². The minimum atomic E-state index is -0.521. The van der Waals surface area contributed by atoms with E-state index in [9.17, 15) is 14.9 Å². The van der Waals surface area contributed by atoms with E-state index in [0.29, 0.717) is 22.2 Å². The van der Waals surface area contributed by atoms with Crippen LogP contribution in [-0.4, -0.2) is 24.1 Å². The van der Waals surface area contributed by atoms with Gasteiger partial charge in [0, 0.05) is 17.8 Å². The molecule has 2 aromatic carbocycles. The lowest BCUT2D eigenvalue weighted by Gasteiger charge is -2.18. The third-order valence-corrected chi connectivity index (χ3v) is 5.74. The number of para-hydroxylation sites is 1. The van der Waals surface area contributed by atoms with Crippen molar-refractivity contribution in [3.8, 4) is 6.07 Å². The van der Waals surface area contributed by atoms with Gasteiger partial charge in [-0.1, -0.05) is 59.8 Å². The number of hydrogen-bond acceptors (Lipinski definition) is 4. The van der Waals surface area contributed by atoms with E-state index >= 15 is 0 Å². The van der Waals surface area contributed by atoms with Crippen LogP contribution < -0.4 is 10.2 Å².